The van der Waals surface area contributed by atoms with E-state index in [-0.39, 0.29) is 17.8 Å². The molecule has 0 saturated heterocycles. The van der Waals surface area contributed by atoms with Crippen molar-refractivity contribution < 1.29 is 19.4 Å². The molecule has 19 heavy (non-hydrogen) atoms. The van der Waals surface area contributed by atoms with Gasteiger partial charge in [-0.3, -0.25) is 9.59 Å². The molecule has 0 fully saturated rings. The molecule has 1 aromatic rings. The van der Waals surface area contributed by atoms with Crippen molar-refractivity contribution in [1.82, 2.24) is 0 Å². The molecule has 0 aliphatic rings. The van der Waals surface area contributed by atoms with Gasteiger partial charge < -0.3 is 9.84 Å². The number of carbonyl (C=O) groups is 2. The van der Waals surface area contributed by atoms with E-state index in [1.165, 1.54) is 6.92 Å². The van der Waals surface area contributed by atoms with Gasteiger partial charge in [0.1, 0.15) is 5.75 Å². The van der Waals surface area contributed by atoms with E-state index in [4.69, 9.17) is 9.84 Å². The zero-order valence-corrected chi connectivity index (χ0v) is 11.8. The lowest BCUT2D eigenvalue weighted by molar-refractivity contribution is -0.137. The Kier molecular flexibility index (Phi) is 4.70. The van der Waals surface area contributed by atoms with Gasteiger partial charge in [0.25, 0.3) is 0 Å². The number of carboxylic acids is 1. The number of carboxylic acid groups (broad SMARTS) is 1. The van der Waals surface area contributed by atoms with Crippen LogP contribution in [0.5, 0.6) is 5.75 Å². The highest BCUT2D eigenvalue weighted by Gasteiger charge is 2.20. The summed E-state index contributed by atoms with van der Waals surface area (Å²) in [6.07, 6.45) is 0.565. The number of aryl methyl sites for hydroxylation is 1. The maximum absolute atomic E-state index is 11.1. The first kappa shape index (κ1) is 15.2. The average Bonchev–Trinajstić information content (AvgIpc) is 2.25. The van der Waals surface area contributed by atoms with Crippen LogP contribution in [-0.2, 0) is 21.4 Å². The van der Waals surface area contributed by atoms with Crippen molar-refractivity contribution in [1.29, 1.82) is 0 Å². The number of hydrogen-bond acceptors (Lipinski definition) is 3. The fraction of sp³-hybridized carbons (Fsp3) is 0.467. The summed E-state index contributed by atoms with van der Waals surface area (Å²) in [5.41, 5.74) is 1.66. The van der Waals surface area contributed by atoms with E-state index in [1.54, 1.807) is 12.1 Å². The van der Waals surface area contributed by atoms with Crippen LogP contribution in [0.2, 0.25) is 0 Å². The molecule has 0 aromatic heterocycles. The zero-order chi connectivity index (χ0) is 14.6. The number of hydrogen-bond donors (Lipinski definition) is 1. The molecule has 0 aliphatic carbocycles. The fourth-order valence-electron chi connectivity index (χ4n) is 1.81. The first-order chi connectivity index (χ1) is 8.70. The van der Waals surface area contributed by atoms with E-state index in [0.29, 0.717) is 12.2 Å². The van der Waals surface area contributed by atoms with Crippen molar-refractivity contribution in [2.75, 3.05) is 0 Å². The Morgan fingerprint density at radius 1 is 1.26 bits per heavy atom. The number of rotatable bonds is 4. The molecule has 0 atom stereocenters. The zero-order valence-electron chi connectivity index (χ0n) is 11.8. The van der Waals surface area contributed by atoms with E-state index in [1.807, 2.05) is 26.8 Å². The summed E-state index contributed by atoms with van der Waals surface area (Å²) in [6, 6.07) is 5.46. The van der Waals surface area contributed by atoms with E-state index in [0.717, 1.165) is 11.1 Å². The van der Waals surface area contributed by atoms with Gasteiger partial charge in [-0.1, -0.05) is 32.9 Å². The predicted molar refractivity (Wildman–Crippen MR) is 72.4 cm³/mol. The largest absolute Gasteiger partial charge is 0.481 e. The van der Waals surface area contributed by atoms with Gasteiger partial charge in [0.05, 0.1) is 0 Å². The standard InChI is InChI=1S/C15H20O4/c1-10(16)19-13-7-5-11(6-8-14(17)18)9-12(13)15(2,3)4/h5,7,9H,6,8H2,1-4H3,(H,17,18). The maximum Gasteiger partial charge on any atom is 0.308 e. The highest BCUT2D eigenvalue weighted by Crippen LogP contribution is 2.32. The van der Waals surface area contributed by atoms with Crippen LogP contribution in [0.3, 0.4) is 0 Å². The average molecular weight is 264 g/mol. The van der Waals surface area contributed by atoms with Crippen LogP contribution in [-0.4, -0.2) is 17.0 Å². The van der Waals surface area contributed by atoms with E-state index in [9.17, 15) is 9.59 Å². The molecule has 0 amide bonds. The molecule has 0 aliphatic heterocycles. The van der Waals surface area contributed by atoms with Gasteiger partial charge in [-0.2, -0.15) is 0 Å². The molecule has 1 N–H and O–H groups in total. The summed E-state index contributed by atoms with van der Waals surface area (Å²) in [4.78, 5) is 21.7. The second-order valence-electron chi connectivity index (χ2n) is 5.57. The molecule has 0 spiro atoms. The SMILES string of the molecule is CC(=O)Oc1ccc(CCC(=O)O)cc1C(C)(C)C. The van der Waals surface area contributed by atoms with Gasteiger partial charge >= 0.3 is 11.9 Å². The summed E-state index contributed by atoms with van der Waals surface area (Å²) in [5, 5.41) is 8.71. The van der Waals surface area contributed by atoms with Crippen molar-refractivity contribution in [3.05, 3.63) is 29.3 Å². The van der Waals surface area contributed by atoms with Gasteiger partial charge in [-0.05, 0) is 23.5 Å². The third-order valence-electron chi connectivity index (χ3n) is 2.73. The topological polar surface area (TPSA) is 63.6 Å². The minimum Gasteiger partial charge on any atom is -0.481 e. The molecular formula is C15H20O4. The Bertz CT molecular complexity index is 483. The number of aliphatic carboxylic acids is 1. The Hall–Kier alpha value is -1.84. The van der Waals surface area contributed by atoms with E-state index < -0.39 is 5.97 Å². The fourth-order valence-corrected chi connectivity index (χ4v) is 1.81. The lowest BCUT2D eigenvalue weighted by Crippen LogP contribution is -2.15. The van der Waals surface area contributed by atoms with Crippen molar-refractivity contribution >= 4 is 11.9 Å². The molecule has 4 nitrogen and oxygen atoms in total. The van der Waals surface area contributed by atoms with Crippen molar-refractivity contribution in [2.45, 2.75) is 46.0 Å². The first-order valence-corrected chi connectivity index (χ1v) is 6.24. The summed E-state index contributed by atoms with van der Waals surface area (Å²) >= 11 is 0. The third-order valence-corrected chi connectivity index (χ3v) is 2.73. The molecule has 0 unspecified atom stereocenters. The maximum atomic E-state index is 11.1. The smallest absolute Gasteiger partial charge is 0.308 e. The Labute approximate surface area is 113 Å². The van der Waals surface area contributed by atoms with Crippen LogP contribution in [0.25, 0.3) is 0 Å². The number of benzene rings is 1. The lowest BCUT2D eigenvalue weighted by atomic mass is 9.85. The van der Waals surface area contributed by atoms with Crippen molar-refractivity contribution in [3.63, 3.8) is 0 Å². The summed E-state index contributed by atoms with van der Waals surface area (Å²) in [6.45, 7) is 7.44. The summed E-state index contributed by atoms with van der Waals surface area (Å²) < 4.78 is 5.20. The molecule has 1 rings (SSSR count). The van der Waals surface area contributed by atoms with Crippen LogP contribution >= 0.6 is 0 Å². The molecule has 0 heterocycles. The minimum atomic E-state index is -0.818. The summed E-state index contributed by atoms with van der Waals surface area (Å²) in [5.74, 6) is -0.635. The highest BCUT2D eigenvalue weighted by atomic mass is 16.5. The second kappa shape index (κ2) is 5.87. The Morgan fingerprint density at radius 2 is 1.89 bits per heavy atom. The van der Waals surface area contributed by atoms with Gasteiger partial charge in [0.2, 0.25) is 0 Å². The third kappa shape index (κ3) is 4.73. The predicted octanol–water partition coefficient (Wildman–Crippen LogP) is 2.93. The number of ether oxygens (including phenoxy) is 1. The van der Waals surface area contributed by atoms with E-state index >= 15 is 0 Å². The van der Waals surface area contributed by atoms with Crippen LogP contribution in [0.15, 0.2) is 18.2 Å². The first-order valence-electron chi connectivity index (χ1n) is 6.24. The van der Waals surface area contributed by atoms with Gasteiger partial charge in [0.15, 0.2) is 0 Å². The Balaban J connectivity index is 3.08. The highest BCUT2D eigenvalue weighted by molar-refractivity contribution is 5.70. The van der Waals surface area contributed by atoms with Crippen LogP contribution in [0.4, 0.5) is 0 Å². The van der Waals surface area contributed by atoms with E-state index in [2.05, 4.69) is 0 Å². The number of carbonyl (C=O) groups excluding carboxylic acids is 1. The quantitative estimate of drug-likeness (QED) is 0.671. The molecule has 4 heteroatoms. The van der Waals surface area contributed by atoms with Crippen molar-refractivity contribution in [2.24, 2.45) is 0 Å². The van der Waals surface area contributed by atoms with Crippen LogP contribution in [0, 0.1) is 0 Å². The monoisotopic (exact) mass is 264 g/mol. The normalized spacial score (nSPS) is 11.2. The second-order valence-corrected chi connectivity index (χ2v) is 5.57. The summed E-state index contributed by atoms with van der Waals surface area (Å²) in [7, 11) is 0. The van der Waals surface area contributed by atoms with Gasteiger partial charge in [0, 0.05) is 18.9 Å². The molecule has 1 aromatic carbocycles. The molecule has 104 valence electrons. The molecular weight excluding hydrogens is 244 g/mol. The van der Waals surface area contributed by atoms with Crippen LogP contribution in [0.1, 0.15) is 45.2 Å². The molecule has 0 bridgehead atoms. The van der Waals surface area contributed by atoms with Gasteiger partial charge in [-0.25, -0.2) is 0 Å². The number of esters is 1. The van der Waals surface area contributed by atoms with Crippen LogP contribution < -0.4 is 4.74 Å². The minimum absolute atomic E-state index is 0.0937. The molecule has 0 saturated carbocycles. The van der Waals surface area contributed by atoms with Gasteiger partial charge in [-0.15, -0.1) is 0 Å². The van der Waals surface area contributed by atoms with Crippen molar-refractivity contribution in [3.8, 4) is 5.75 Å². The lowest BCUT2D eigenvalue weighted by Gasteiger charge is -2.23. The Morgan fingerprint density at radius 3 is 2.37 bits per heavy atom. The molecule has 0 radical (unpaired) electrons.